The van der Waals surface area contributed by atoms with Crippen molar-refractivity contribution < 1.29 is 9.53 Å². The van der Waals surface area contributed by atoms with Crippen LogP contribution in [0.2, 0.25) is 5.02 Å². The van der Waals surface area contributed by atoms with Gasteiger partial charge in [0.2, 0.25) is 5.88 Å². The molecule has 3 aromatic rings. The summed E-state index contributed by atoms with van der Waals surface area (Å²) < 4.78 is 5.92. The number of benzene rings is 2. The zero-order valence-electron chi connectivity index (χ0n) is 18.4. The summed E-state index contributed by atoms with van der Waals surface area (Å²) >= 11 is 6.05. The standard InChI is InChI=1S/C26H29ClN2O2/c1-18-9-8-12-24(28-18)31-26(3,4)25(30)29-19(2)23(21-10-6-5-7-11-21)17-20-13-15-22(27)16-14-20/h5-16,19,23H,17H2,1-4H3,(H,29,30). The molecule has 5 heteroatoms. The largest absolute Gasteiger partial charge is 0.462 e. The van der Waals surface area contributed by atoms with E-state index in [1.165, 1.54) is 11.1 Å². The Balaban J connectivity index is 1.76. The summed E-state index contributed by atoms with van der Waals surface area (Å²) in [6, 6.07) is 23.5. The molecule has 1 N–H and O–H groups in total. The number of carbonyl (C=O) groups is 1. The van der Waals surface area contributed by atoms with Crippen LogP contribution in [0.4, 0.5) is 0 Å². The lowest BCUT2D eigenvalue weighted by molar-refractivity contribution is -0.135. The number of ether oxygens (including phenoxy) is 1. The number of aromatic nitrogens is 1. The van der Waals surface area contributed by atoms with Crippen molar-refractivity contribution in [1.82, 2.24) is 10.3 Å². The Morgan fingerprint density at radius 1 is 1.03 bits per heavy atom. The first kappa shape index (κ1) is 22.8. The maximum absolute atomic E-state index is 13.1. The molecule has 2 aromatic carbocycles. The molecule has 0 saturated carbocycles. The molecule has 0 aliphatic heterocycles. The van der Waals surface area contributed by atoms with E-state index in [1.54, 1.807) is 19.9 Å². The molecule has 0 fully saturated rings. The lowest BCUT2D eigenvalue weighted by Gasteiger charge is -2.30. The summed E-state index contributed by atoms with van der Waals surface area (Å²) in [6.45, 7) is 7.45. The molecule has 1 heterocycles. The molecule has 162 valence electrons. The van der Waals surface area contributed by atoms with Crippen molar-refractivity contribution >= 4 is 17.5 Å². The van der Waals surface area contributed by atoms with E-state index in [2.05, 4.69) is 22.4 Å². The van der Waals surface area contributed by atoms with Crippen molar-refractivity contribution in [1.29, 1.82) is 0 Å². The van der Waals surface area contributed by atoms with Crippen LogP contribution in [0.15, 0.2) is 72.8 Å². The van der Waals surface area contributed by atoms with Gasteiger partial charge in [-0.05, 0) is 63.4 Å². The lowest BCUT2D eigenvalue weighted by Crippen LogP contribution is -2.51. The third kappa shape index (κ3) is 6.31. The molecular formula is C26H29ClN2O2. The van der Waals surface area contributed by atoms with Gasteiger partial charge >= 0.3 is 0 Å². The van der Waals surface area contributed by atoms with Crippen LogP contribution in [-0.2, 0) is 11.2 Å². The summed E-state index contributed by atoms with van der Waals surface area (Å²) in [5, 5.41) is 3.88. The molecule has 1 aromatic heterocycles. The smallest absolute Gasteiger partial charge is 0.263 e. The Morgan fingerprint density at radius 2 is 1.71 bits per heavy atom. The third-order valence-electron chi connectivity index (χ3n) is 5.33. The average molecular weight is 437 g/mol. The summed E-state index contributed by atoms with van der Waals surface area (Å²) in [4.78, 5) is 17.5. The topological polar surface area (TPSA) is 51.2 Å². The fraction of sp³-hybridized carbons (Fsp3) is 0.308. The molecule has 2 unspecified atom stereocenters. The Bertz CT molecular complexity index is 1000. The van der Waals surface area contributed by atoms with Gasteiger partial charge in [0.15, 0.2) is 5.60 Å². The molecule has 1 amide bonds. The normalized spacial score (nSPS) is 13.3. The van der Waals surface area contributed by atoms with Crippen molar-refractivity contribution in [2.75, 3.05) is 0 Å². The number of carbonyl (C=O) groups excluding carboxylic acids is 1. The molecule has 2 atom stereocenters. The van der Waals surface area contributed by atoms with Crippen LogP contribution in [0.5, 0.6) is 5.88 Å². The Morgan fingerprint density at radius 3 is 2.35 bits per heavy atom. The molecule has 0 radical (unpaired) electrons. The van der Waals surface area contributed by atoms with Crippen LogP contribution >= 0.6 is 11.6 Å². The van der Waals surface area contributed by atoms with Gasteiger partial charge in [0.05, 0.1) is 0 Å². The number of nitrogens with one attached hydrogen (secondary N) is 1. The zero-order chi connectivity index (χ0) is 22.4. The lowest BCUT2D eigenvalue weighted by atomic mass is 9.86. The van der Waals surface area contributed by atoms with Gasteiger partial charge in [0.1, 0.15) is 0 Å². The molecule has 0 aliphatic rings. The van der Waals surface area contributed by atoms with E-state index in [0.717, 1.165) is 12.1 Å². The van der Waals surface area contributed by atoms with Crippen LogP contribution in [0.1, 0.15) is 43.5 Å². The van der Waals surface area contributed by atoms with Gasteiger partial charge < -0.3 is 10.1 Å². The van der Waals surface area contributed by atoms with E-state index in [1.807, 2.05) is 68.4 Å². The molecule has 0 spiro atoms. The van der Waals surface area contributed by atoms with Gasteiger partial charge in [-0.15, -0.1) is 0 Å². The summed E-state index contributed by atoms with van der Waals surface area (Å²) in [5.74, 6) is 0.355. The molecule has 0 saturated heterocycles. The Labute approximate surface area is 189 Å². The summed E-state index contributed by atoms with van der Waals surface area (Å²) in [5.41, 5.74) is 2.12. The highest BCUT2D eigenvalue weighted by molar-refractivity contribution is 6.30. The first-order chi connectivity index (χ1) is 14.7. The van der Waals surface area contributed by atoms with E-state index >= 15 is 0 Å². The van der Waals surface area contributed by atoms with Gasteiger partial charge in [0, 0.05) is 28.7 Å². The maximum atomic E-state index is 13.1. The fourth-order valence-corrected chi connectivity index (χ4v) is 3.65. The van der Waals surface area contributed by atoms with Gasteiger partial charge in [0.25, 0.3) is 5.91 Å². The minimum atomic E-state index is -1.06. The number of pyridine rings is 1. The second kappa shape index (κ2) is 9.97. The van der Waals surface area contributed by atoms with Gasteiger partial charge in [-0.25, -0.2) is 4.98 Å². The number of aryl methyl sites for hydroxylation is 1. The number of amides is 1. The van der Waals surface area contributed by atoms with Crippen molar-refractivity contribution in [3.63, 3.8) is 0 Å². The minimum absolute atomic E-state index is 0.0965. The summed E-state index contributed by atoms with van der Waals surface area (Å²) in [6.07, 6.45) is 0.781. The van der Waals surface area contributed by atoms with Crippen LogP contribution in [0.3, 0.4) is 0 Å². The van der Waals surface area contributed by atoms with Gasteiger partial charge in [-0.2, -0.15) is 0 Å². The molecule has 4 nitrogen and oxygen atoms in total. The fourth-order valence-electron chi connectivity index (χ4n) is 3.52. The number of hydrogen-bond acceptors (Lipinski definition) is 3. The van der Waals surface area contributed by atoms with Crippen molar-refractivity contribution in [2.45, 2.75) is 51.7 Å². The van der Waals surface area contributed by atoms with E-state index in [-0.39, 0.29) is 17.9 Å². The monoisotopic (exact) mass is 436 g/mol. The van der Waals surface area contributed by atoms with Crippen LogP contribution in [0.25, 0.3) is 0 Å². The highest BCUT2D eigenvalue weighted by atomic mass is 35.5. The zero-order valence-corrected chi connectivity index (χ0v) is 19.2. The molecule has 3 rings (SSSR count). The van der Waals surface area contributed by atoms with Crippen molar-refractivity contribution in [3.8, 4) is 5.88 Å². The van der Waals surface area contributed by atoms with Gasteiger partial charge in [-0.1, -0.05) is 60.1 Å². The van der Waals surface area contributed by atoms with Gasteiger partial charge in [-0.3, -0.25) is 4.79 Å². The van der Waals surface area contributed by atoms with E-state index in [9.17, 15) is 4.79 Å². The first-order valence-electron chi connectivity index (χ1n) is 10.5. The molecule has 0 bridgehead atoms. The Hall–Kier alpha value is -2.85. The molecule has 31 heavy (non-hydrogen) atoms. The second-order valence-electron chi connectivity index (χ2n) is 8.34. The highest BCUT2D eigenvalue weighted by Gasteiger charge is 2.33. The van der Waals surface area contributed by atoms with Crippen molar-refractivity contribution in [2.24, 2.45) is 0 Å². The number of rotatable bonds is 8. The summed E-state index contributed by atoms with van der Waals surface area (Å²) in [7, 11) is 0. The first-order valence-corrected chi connectivity index (χ1v) is 10.9. The number of hydrogen-bond donors (Lipinski definition) is 1. The second-order valence-corrected chi connectivity index (χ2v) is 8.78. The van der Waals surface area contributed by atoms with E-state index < -0.39 is 5.60 Å². The quantitative estimate of drug-likeness (QED) is 0.490. The number of halogens is 1. The van der Waals surface area contributed by atoms with Crippen molar-refractivity contribution in [3.05, 3.63) is 94.6 Å². The van der Waals surface area contributed by atoms with E-state index in [0.29, 0.717) is 10.9 Å². The average Bonchev–Trinajstić information content (AvgIpc) is 2.73. The predicted octanol–water partition coefficient (Wildman–Crippen LogP) is 5.73. The number of nitrogens with zero attached hydrogens (tertiary/aromatic N) is 1. The molecular weight excluding hydrogens is 408 g/mol. The van der Waals surface area contributed by atoms with Crippen LogP contribution < -0.4 is 10.1 Å². The van der Waals surface area contributed by atoms with Crippen LogP contribution in [-0.4, -0.2) is 22.5 Å². The predicted molar refractivity (Wildman–Crippen MR) is 126 cm³/mol. The van der Waals surface area contributed by atoms with Crippen LogP contribution in [0, 0.1) is 6.92 Å². The Kier molecular flexibility index (Phi) is 7.34. The third-order valence-corrected chi connectivity index (χ3v) is 5.58. The molecule has 0 aliphatic carbocycles. The highest BCUT2D eigenvalue weighted by Crippen LogP contribution is 2.26. The SMILES string of the molecule is Cc1cccc(OC(C)(C)C(=O)NC(C)C(Cc2ccc(Cl)cc2)c2ccccc2)n1. The maximum Gasteiger partial charge on any atom is 0.263 e. The van der Waals surface area contributed by atoms with E-state index in [4.69, 9.17) is 16.3 Å². The minimum Gasteiger partial charge on any atom is -0.462 e.